The van der Waals surface area contributed by atoms with Crippen molar-refractivity contribution in [2.75, 3.05) is 18.5 Å². The molecule has 0 atom stereocenters. The van der Waals surface area contributed by atoms with Crippen molar-refractivity contribution in [3.05, 3.63) is 87.9 Å². The molecule has 0 aromatic heterocycles. The molecule has 162 valence electrons. The Balaban J connectivity index is 1.44. The summed E-state index contributed by atoms with van der Waals surface area (Å²) in [6.07, 6.45) is -0.657. The third kappa shape index (κ3) is 4.50. The van der Waals surface area contributed by atoms with Gasteiger partial charge in [-0.2, -0.15) is 0 Å². The van der Waals surface area contributed by atoms with Gasteiger partial charge in [-0.1, -0.05) is 48.5 Å². The van der Waals surface area contributed by atoms with E-state index in [2.05, 4.69) is 38.7 Å². The molecule has 3 aromatic rings. The number of aliphatic carboxylic acids is 1. The van der Waals surface area contributed by atoms with E-state index < -0.39 is 24.5 Å². The average Bonchev–Trinajstić information content (AvgIpc) is 3.11. The molecule has 0 fully saturated rings. The number of ether oxygens (including phenoxy) is 1. The summed E-state index contributed by atoms with van der Waals surface area (Å²) in [6.45, 7) is -0.333. The number of nitrogens with one attached hydrogen (secondary N) is 2. The van der Waals surface area contributed by atoms with E-state index in [0.29, 0.717) is 10.2 Å². The van der Waals surface area contributed by atoms with Gasteiger partial charge >= 0.3 is 12.1 Å². The first-order valence-corrected chi connectivity index (χ1v) is 10.6. The molecular weight excluding hydrogens is 476 g/mol. The number of hydrogen-bond acceptors (Lipinski definition) is 4. The van der Waals surface area contributed by atoms with Crippen LogP contribution in [0, 0.1) is 0 Å². The number of hydrogen-bond donors (Lipinski definition) is 3. The molecule has 1 aliphatic rings. The zero-order chi connectivity index (χ0) is 22.7. The van der Waals surface area contributed by atoms with Crippen LogP contribution in [-0.2, 0) is 9.53 Å². The monoisotopic (exact) mass is 494 g/mol. The molecule has 0 bridgehead atoms. The molecule has 3 N–H and O–H groups in total. The van der Waals surface area contributed by atoms with E-state index in [-0.39, 0.29) is 18.1 Å². The minimum Gasteiger partial charge on any atom is -0.480 e. The van der Waals surface area contributed by atoms with Crippen LogP contribution in [0.3, 0.4) is 0 Å². The highest BCUT2D eigenvalue weighted by Crippen LogP contribution is 2.44. The average molecular weight is 495 g/mol. The van der Waals surface area contributed by atoms with E-state index in [0.717, 1.165) is 22.3 Å². The number of rotatable bonds is 6. The topological polar surface area (TPSA) is 105 Å². The first-order chi connectivity index (χ1) is 15.4. The van der Waals surface area contributed by atoms with Crippen LogP contribution in [0.25, 0.3) is 11.1 Å². The van der Waals surface area contributed by atoms with Gasteiger partial charge in [-0.05, 0) is 56.4 Å². The molecule has 1 aliphatic carbocycles. The molecule has 0 radical (unpaired) electrons. The number of carboxylic acids is 1. The molecule has 0 saturated carbocycles. The highest BCUT2D eigenvalue weighted by molar-refractivity contribution is 9.10. The van der Waals surface area contributed by atoms with Gasteiger partial charge in [0.15, 0.2) is 0 Å². The van der Waals surface area contributed by atoms with E-state index in [1.54, 1.807) is 6.07 Å². The highest BCUT2D eigenvalue weighted by atomic mass is 79.9. The van der Waals surface area contributed by atoms with Crippen LogP contribution in [0.4, 0.5) is 10.5 Å². The standard InChI is InChI=1S/C24H19BrN2O5/c25-20-10-9-14(23(30)26-12-22(28)29)11-21(20)27-24(31)32-13-19-17-7-3-1-5-15(17)16-6-2-4-8-18(16)19/h1-11,19H,12-13H2,(H,26,30)(H,27,31)(H,28,29). The van der Waals surface area contributed by atoms with Gasteiger partial charge in [-0.3, -0.25) is 14.9 Å². The van der Waals surface area contributed by atoms with Crippen molar-refractivity contribution < 1.29 is 24.2 Å². The third-order valence-electron chi connectivity index (χ3n) is 5.21. The smallest absolute Gasteiger partial charge is 0.411 e. The molecule has 2 amide bonds. The fourth-order valence-corrected chi connectivity index (χ4v) is 4.11. The maximum absolute atomic E-state index is 12.5. The van der Waals surface area contributed by atoms with Gasteiger partial charge < -0.3 is 15.2 Å². The van der Waals surface area contributed by atoms with Crippen LogP contribution >= 0.6 is 15.9 Å². The first-order valence-electron chi connectivity index (χ1n) is 9.85. The molecular formula is C24H19BrN2O5. The molecule has 32 heavy (non-hydrogen) atoms. The number of carbonyl (C=O) groups is 3. The summed E-state index contributed by atoms with van der Waals surface area (Å²) in [6, 6.07) is 20.7. The molecule has 7 nitrogen and oxygen atoms in total. The van der Waals surface area contributed by atoms with E-state index in [4.69, 9.17) is 9.84 Å². The van der Waals surface area contributed by atoms with Crippen LogP contribution in [0.2, 0.25) is 0 Å². The second kappa shape index (κ2) is 9.23. The van der Waals surface area contributed by atoms with Crippen LogP contribution in [-0.4, -0.2) is 36.2 Å². The fourth-order valence-electron chi connectivity index (χ4n) is 3.76. The summed E-state index contributed by atoms with van der Waals surface area (Å²) in [5.41, 5.74) is 5.05. The number of anilines is 1. The summed E-state index contributed by atoms with van der Waals surface area (Å²) >= 11 is 3.33. The van der Waals surface area contributed by atoms with Crippen LogP contribution < -0.4 is 10.6 Å². The lowest BCUT2D eigenvalue weighted by Gasteiger charge is -2.15. The Morgan fingerprint density at radius 1 is 0.938 bits per heavy atom. The quantitative estimate of drug-likeness (QED) is 0.463. The van der Waals surface area contributed by atoms with Gasteiger partial charge in [0.05, 0.1) is 5.69 Å². The molecule has 0 spiro atoms. The largest absolute Gasteiger partial charge is 0.480 e. The molecule has 3 aromatic carbocycles. The molecule has 4 rings (SSSR count). The van der Waals surface area contributed by atoms with Crippen LogP contribution in [0.1, 0.15) is 27.4 Å². The lowest BCUT2D eigenvalue weighted by molar-refractivity contribution is -0.135. The van der Waals surface area contributed by atoms with Crippen molar-refractivity contribution in [1.82, 2.24) is 5.32 Å². The fraction of sp³-hybridized carbons (Fsp3) is 0.125. The SMILES string of the molecule is O=C(O)CNC(=O)c1ccc(Br)c(NC(=O)OCC2c3ccccc3-c3ccccc32)c1. The second-order valence-corrected chi connectivity index (χ2v) is 8.08. The number of fused-ring (bicyclic) bond motifs is 3. The minimum absolute atomic E-state index is 0.0651. The van der Waals surface area contributed by atoms with Gasteiger partial charge in [0.1, 0.15) is 13.2 Å². The van der Waals surface area contributed by atoms with E-state index in [9.17, 15) is 14.4 Å². The lowest BCUT2D eigenvalue weighted by atomic mass is 9.98. The molecule has 0 aliphatic heterocycles. The Bertz CT molecular complexity index is 1160. The number of carbonyl (C=O) groups excluding carboxylic acids is 2. The van der Waals surface area contributed by atoms with Gasteiger partial charge in [-0.15, -0.1) is 0 Å². The Morgan fingerprint density at radius 2 is 1.56 bits per heavy atom. The van der Waals surface area contributed by atoms with Gasteiger partial charge in [0.2, 0.25) is 0 Å². The Morgan fingerprint density at radius 3 is 2.19 bits per heavy atom. The molecule has 0 unspecified atom stereocenters. The number of benzene rings is 3. The van der Waals surface area contributed by atoms with Gasteiger partial charge in [0, 0.05) is 16.0 Å². The normalized spacial score (nSPS) is 11.9. The Labute approximate surface area is 192 Å². The molecule has 0 heterocycles. The Kier molecular flexibility index (Phi) is 6.23. The zero-order valence-corrected chi connectivity index (χ0v) is 18.4. The van der Waals surface area contributed by atoms with Gasteiger partial charge in [-0.25, -0.2) is 4.79 Å². The Hall–Kier alpha value is -3.65. The van der Waals surface area contributed by atoms with E-state index >= 15 is 0 Å². The van der Waals surface area contributed by atoms with Crippen LogP contribution in [0.15, 0.2) is 71.2 Å². The lowest BCUT2D eigenvalue weighted by Crippen LogP contribution is -2.29. The summed E-state index contributed by atoms with van der Waals surface area (Å²) < 4.78 is 6.09. The third-order valence-corrected chi connectivity index (χ3v) is 5.90. The minimum atomic E-state index is -1.15. The van der Waals surface area contributed by atoms with Crippen molar-refractivity contribution >= 4 is 39.6 Å². The predicted molar refractivity (Wildman–Crippen MR) is 123 cm³/mol. The molecule has 0 saturated heterocycles. The second-order valence-electron chi connectivity index (χ2n) is 7.22. The van der Waals surface area contributed by atoms with Gasteiger partial charge in [0.25, 0.3) is 5.91 Å². The van der Waals surface area contributed by atoms with Crippen LogP contribution in [0.5, 0.6) is 0 Å². The van der Waals surface area contributed by atoms with Crippen molar-refractivity contribution in [3.63, 3.8) is 0 Å². The first kappa shape index (κ1) is 21.6. The number of halogens is 1. The summed E-state index contributed by atoms with van der Waals surface area (Å²) in [4.78, 5) is 35.2. The van der Waals surface area contributed by atoms with E-state index in [1.165, 1.54) is 12.1 Å². The van der Waals surface area contributed by atoms with Crippen molar-refractivity contribution in [2.24, 2.45) is 0 Å². The maximum atomic E-state index is 12.5. The molecule has 8 heteroatoms. The number of carboxylic acid groups (broad SMARTS) is 1. The summed E-state index contributed by atoms with van der Waals surface area (Å²) in [5, 5.41) is 13.6. The zero-order valence-electron chi connectivity index (χ0n) is 16.8. The van der Waals surface area contributed by atoms with Crippen molar-refractivity contribution in [1.29, 1.82) is 0 Å². The summed E-state index contributed by atoms with van der Waals surface area (Å²) in [7, 11) is 0. The maximum Gasteiger partial charge on any atom is 0.411 e. The predicted octanol–water partition coefficient (Wildman–Crippen LogP) is 4.62. The van der Waals surface area contributed by atoms with Crippen molar-refractivity contribution in [3.8, 4) is 11.1 Å². The van der Waals surface area contributed by atoms with Crippen molar-refractivity contribution in [2.45, 2.75) is 5.92 Å². The highest BCUT2D eigenvalue weighted by Gasteiger charge is 2.29. The number of amides is 2. The summed E-state index contributed by atoms with van der Waals surface area (Å²) in [5.74, 6) is -1.77. The van der Waals surface area contributed by atoms with E-state index in [1.807, 2.05) is 36.4 Å².